The Hall–Kier alpha value is -1.79. The Morgan fingerprint density at radius 2 is 2.00 bits per heavy atom. The summed E-state index contributed by atoms with van der Waals surface area (Å²) < 4.78 is 0. The van der Waals surface area contributed by atoms with Crippen LogP contribution in [0.1, 0.15) is 19.0 Å². The van der Waals surface area contributed by atoms with Gasteiger partial charge in [0, 0.05) is 16.7 Å². The average Bonchev–Trinajstić information content (AvgIpc) is 2.45. The first-order valence-electron chi connectivity index (χ1n) is 5.93. The second kappa shape index (κ2) is 6.23. The van der Waals surface area contributed by atoms with Crippen molar-refractivity contribution in [3.63, 3.8) is 0 Å². The highest BCUT2D eigenvalue weighted by Gasteiger charge is 2.06. The normalized spacial score (nSPS) is 10.0. The number of hydrogen-bond acceptors (Lipinski definition) is 3. The third-order valence-electron chi connectivity index (χ3n) is 2.53. The number of rotatable bonds is 4. The van der Waals surface area contributed by atoms with Crippen LogP contribution < -0.4 is 0 Å². The van der Waals surface area contributed by atoms with E-state index in [1.165, 1.54) is 0 Å². The molecule has 0 saturated heterocycles. The molecule has 1 heterocycles. The maximum absolute atomic E-state index is 9.05. The summed E-state index contributed by atoms with van der Waals surface area (Å²) in [7, 11) is 0. The number of pyridine rings is 1. The van der Waals surface area contributed by atoms with Crippen molar-refractivity contribution < 1.29 is 0 Å². The highest BCUT2D eigenvalue weighted by atomic mass is 32.2. The van der Waals surface area contributed by atoms with Gasteiger partial charge in [0.2, 0.25) is 0 Å². The number of aromatic nitrogens is 1. The molecule has 3 heteroatoms. The van der Waals surface area contributed by atoms with Crippen LogP contribution in [0.5, 0.6) is 0 Å². The van der Waals surface area contributed by atoms with Gasteiger partial charge in [-0.25, -0.2) is 4.98 Å². The summed E-state index contributed by atoms with van der Waals surface area (Å²) in [5, 5.41) is 9.05. The van der Waals surface area contributed by atoms with Crippen molar-refractivity contribution in [1.82, 2.24) is 4.98 Å². The molecule has 2 aromatic rings. The topological polar surface area (TPSA) is 36.7 Å². The van der Waals surface area contributed by atoms with Gasteiger partial charge < -0.3 is 0 Å². The van der Waals surface area contributed by atoms with E-state index in [4.69, 9.17) is 5.26 Å². The lowest BCUT2D eigenvalue weighted by Crippen LogP contribution is -1.90. The lowest BCUT2D eigenvalue weighted by molar-refractivity contribution is 1.10. The molecule has 0 fully saturated rings. The summed E-state index contributed by atoms with van der Waals surface area (Å²) in [4.78, 5) is 5.22. The molecule has 0 aliphatic heterocycles. The molecule has 0 N–H and O–H groups in total. The molecule has 90 valence electrons. The van der Waals surface area contributed by atoms with Gasteiger partial charge in [0.25, 0.3) is 0 Å². The molecule has 0 saturated carbocycles. The van der Waals surface area contributed by atoms with Gasteiger partial charge in [-0.15, -0.1) is 11.8 Å². The van der Waals surface area contributed by atoms with Crippen LogP contribution in [-0.4, -0.2) is 10.7 Å². The number of benzene rings is 1. The van der Waals surface area contributed by atoms with Gasteiger partial charge in [-0.05, 0) is 23.8 Å². The molecular weight excluding hydrogens is 240 g/mol. The number of hydrogen-bond donors (Lipinski definition) is 0. The molecule has 2 nitrogen and oxygen atoms in total. The summed E-state index contributed by atoms with van der Waals surface area (Å²) in [6.45, 7) is 2.13. The van der Waals surface area contributed by atoms with Crippen LogP contribution in [0.15, 0.2) is 47.5 Å². The molecule has 0 atom stereocenters. The summed E-state index contributed by atoms with van der Waals surface area (Å²) in [6.07, 6.45) is 2.86. The molecule has 0 bridgehead atoms. The van der Waals surface area contributed by atoms with Crippen molar-refractivity contribution in [2.45, 2.75) is 18.2 Å². The van der Waals surface area contributed by atoms with Crippen molar-refractivity contribution in [1.29, 1.82) is 5.26 Å². The lowest BCUT2D eigenvalue weighted by atomic mass is 10.1. The first-order valence-corrected chi connectivity index (χ1v) is 6.92. The number of thioether (sulfide) groups is 1. The molecular formula is C15H14N2S. The smallest absolute Gasteiger partial charge is 0.154 e. The first-order chi connectivity index (χ1) is 8.85. The highest BCUT2D eigenvalue weighted by molar-refractivity contribution is 7.99. The Morgan fingerprint density at radius 1 is 1.22 bits per heavy atom. The van der Waals surface area contributed by atoms with E-state index in [9.17, 15) is 0 Å². The molecule has 0 amide bonds. The number of nitriles is 1. The Morgan fingerprint density at radius 3 is 2.67 bits per heavy atom. The fraction of sp³-hybridized carbons (Fsp3) is 0.200. The second-order valence-corrected chi connectivity index (χ2v) is 5.03. The molecule has 2 rings (SSSR count). The Bertz CT molecular complexity index is 558. The molecule has 0 aliphatic carbocycles. The monoisotopic (exact) mass is 254 g/mol. The lowest BCUT2D eigenvalue weighted by Gasteiger charge is -2.06. The van der Waals surface area contributed by atoms with E-state index in [2.05, 4.69) is 36.2 Å². The fourth-order valence-corrected chi connectivity index (χ4v) is 2.51. The highest BCUT2D eigenvalue weighted by Crippen LogP contribution is 2.27. The fourth-order valence-electron chi connectivity index (χ4n) is 1.64. The van der Waals surface area contributed by atoms with E-state index in [0.29, 0.717) is 5.69 Å². The summed E-state index contributed by atoms with van der Waals surface area (Å²) in [5.74, 6) is 1.01. The maximum atomic E-state index is 9.05. The van der Waals surface area contributed by atoms with Gasteiger partial charge >= 0.3 is 0 Å². The van der Waals surface area contributed by atoms with Crippen LogP contribution in [0.2, 0.25) is 0 Å². The summed E-state index contributed by atoms with van der Waals surface area (Å²) in [6, 6.07) is 14.3. The Balaban J connectivity index is 2.37. The van der Waals surface area contributed by atoms with Crippen LogP contribution in [0, 0.1) is 11.3 Å². The van der Waals surface area contributed by atoms with Crippen molar-refractivity contribution in [2.75, 3.05) is 5.75 Å². The zero-order valence-electron chi connectivity index (χ0n) is 10.3. The quantitative estimate of drug-likeness (QED) is 0.770. The minimum absolute atomic E-state index is 0.521. The SMILES string of the molecule is CCCSc1cc(-c2ccccc2)cnc1C#N. The van der Waals surface area contributed by atoms with E-state index < -0.39 is 0 Å². The largest absolute Gasteiger partial charge is 0.244 e. The standard InChI is InChI=1S/C15H14N2S/c1-2-8-18-15-9-13(11-17-14(15)10-16)12-6-4-3-5-7-12/h3-7,9,11H,2,8H2,1H3. The van der Waals surface area contributed by atoms with E-state index in [0.717, 1.165) is 28.2 Å². The van der Waals surface area contributed by atoms with Crippen molar-refractivity contribution in [2.24, 2.45) is 0 Å². The van der Waals surface area contributed by atoms with Gasteiger partial charge in [-0.3, -0.25) is 0 Å². The molecule has 0 radical (unpaired) electrons. The van der Waals surface area contributed by atoms with Crippen molar-refractivity contribution in [3.8, 4) is 17.2 Å². The molecule has 0 unspecified atom stereocenters. The van der Waals surface area contributed by atoms with Gasteiger partial charge in [0.05, 0.1) is 0 Å². The second-order valence-electron chi connectivity index (χ2n) is 3.90. The Kier molecular flexibility index (Phi) is 4.38. The number of nitrogens with zero attached hydrogens (tertiary/aromatic N) is 2. The maximum Gasteiger partial charge on any atom is 0.154 e. The van der Waals surface area contributed by atoms with Gasteiger partial charge in [-0.2, -0.15) is 5.26 Å². The molecule has 0 spiro atoms. The van der Waals surface area contributed by atoms with Crippen LogP contribution in [0.3, 0.4) is 0 Å². The summed E-state index contributed by atoms with van der Waals surface area (Å²) >= 11 is 1.70. The third kappa shape index (κ3) is 2.91. The van der Waals surface area contributed by atoms with Gasteiger partial charge in [0.15, 0.2) is 5.69 Å². The molecule has 1 aromatic heterocycles. The zero-order chi connectivity index (χ0) is 12.8. The van der Waals surface area contributed by atoms with Crippen LogP contribution >= 0.6 is 11.8 Å². The minimum Gasteiger partial charge on any atom is -0.244 e. The van der Waals surface area contributed by atoms with E-state index >= 15 is 0 Å². The predicted octanol–water partition coefficient (Wildman–Crippen LogP) is 4.12. The van der Waals surface area contributed by atoms with Crippen LogP contribution in [-0.2, 0) is 0 Å². The first kappa shape index (κ1) is 12.7. The molecule has 18 heavy (non-hydrogen) atoms. The van der Waals surface area contributed by atoms with E-state index in [1.807, 2.05) is 18.2 Å². The van der Waals surface area contributed by atoms with Crippen LogP contribution in [0.4, 0.5) is 0 Å². The third-order valence-corrected chi connectivity index (χ3v) is 3.76. The predicted molar refractivity (Wildman–Crippen MR) is 75.4 cm³/mol. The van der Waals surface area contributed by atoms with Crippen LogP contribution in [0.25, 0.3) is 11.1 Å². The van der Waals surface area contributed by atoms with Gasteiger partial charge in [-0.1, -0.05) is 37.3 Å². The zero-order valence-corrected chi connectivity index (χ0v) is 11.1. The molecule has 1 aromatic carbocycles. The minimum atomic E-state index is 0.521. The van der Waals surface area contributed by atoms with Crippen molar-refractivity contribution in [3.05, 3.63) is 48.3 Å². The summed E-state index contributed by atoms with van der Waals surface area (Å²) in [5.41, 5.74) is 2.72. The van der Waals surface area contributed by atoms with Gasteiger partial charge in [0.1, 0.15) is 6.07 Å². The molecule has 0 aliphatic rings. The Labute approximate surface area is 112 Å². The van der Waals surface area contributed by atoms with Crippen molar-refractivity contribution >= 4 is 11.8 Å². The van der Waals surface area contributed by atoms with E-state index in [1.54, 1.807) is 18.0 Å². The average molecular weight is 254 g/mol. The van der Waals surface area contributed by atoms with E-state index in [-0.39, 0.29) is 0 Å².